The van der Waals surface area contributed by atoms with Crippen LogP contribution >= 0.6 is 0 Å². The maximum atomic E-state index is 12.9. The summed E-state index contributed by atoms with van der Waals surface area (Å²) in [5.74, 6) is -0.158. The van der Waals surface area contributed by atoms with Gasteiger partial charge in [-0.3, -0.25) is 0 Å². The van der Waals surface area contributed by atoms with Crippen LogP contribution in [0.3, 0.4) is 0 Å². The van der Waals surface area contributed by atoms with Crippen molar-refractivity contribution in [2.24, 2.45) is 0 Å². The number of aryl methyl sites for hydroxylation is 2. The Morgan fingerprint density at radius 1 is 0.933 bits per heavy atom. The average molecular weight is 199 g/mol. The summed E-state index contributed by atoms with van der Waals surface area (Å²) in [6, 6.07) is 17.6. The Morgan fingerprint density at radius 2 is 1.67 bits per heavy atom. The molecule has 1 heteroatoms. The topological polar surface area (TPSA) is 0 Å². The molecule has 0 saturated heterocycles. The zero-order valence-corrected chi connectivity index (χ0v) is 8.41. The predicted octanol–water partition coefficient (Wildman–Crippen LogP) is 3.41. The van der Waals surface area contributed by atoms with E-state index in [0.29, 0.717) is 0 Å². The Balaban J connectivity index is 1.99. The summed E-state index contributed by atoms with van der Waals surface area (Å²) >= 11 is 0. The van der Waals surface area contributed by atoms with Crippen LogP contribution in [0.15, 0.2) is 48.5 Å². The Morgan fingerprint density at radius 3 is 2.40 bits per heavy atom. The summed E-state index contributed by atoms with van der Waals surface area (Å²) < 4.78 is 12.9. The molecule has 75 valence electrons. The summed E-state index contributed by atoms with van der Waals surface area (Å²) in [6.45, 7) is 0. The lowest BCUT2D eigenvalue weighted by molar-refractivity contribution is 0.625. The van der Waals surface area contributed by atoms with E-state index in [1.165, 1.54) is 11.6 Å². The van der Waals surface area contributed by atoms with Crippen molar-refractivity contribution in [3.8, 4) is 0 Å². The minimum atomic E-state index is -0.158. The summed E-state index contributed by atoms with van der Waals surface area (Å²) in [5.41, 5.74) is 2.31. The highest BCUT2D eigenvalue weighted by Crippen LogP contribution is 2.08. The highest BCUT2D eigenvalue weighted by Gasteiger charge is 1.96. The minimum absolute atomic E-state index is 0.158. The summed E-state index contributed by atoms with van der Waals surface area (Å²) in [5, 5.41) is 0. The quantitative estimate of drug-likeness (QED) is 0.710. The maximum Gasteiger partial charge on any atom is 0.123 e. The first kappa shape index (κ1) is 9.91. The van der Waals surface area contributed by atoms with E-state index < -0.39 is 0 Å². The zero-order chi connectivity index (χ0) is 10.5. The molecule has 2 aromatic carbocycles. The van der Waals surface area contributed by atoms with Gasteiger partial charge in [0.25, 0.3) is 0 Å². The lowest BCUT2D eigenvalue weighted by Gasteiger charge is -2.01. The van der Waals surface area contributed by atoms with Crippen molar-refractivity contribution in [3.05, 3.63) is 71.5 Å². The molecule has 0 unspecified atom stereocenters. The molecule has 0 aliphatic heterocycles. The summed E-state index contributed by atoms with van der Waals surface area (Å²) in [7, 11) is 0. The maximum absolute atomic E-state index is 12.9. The highest BCUT2D eigenvalue weighted by atomic mass is 19.1. The van der Waals surface area contributed by atoms with E-state index in [9.17, 15) is 4.39 Å². The fraction of sp³-hybridized carbons (Fsp3) is 0.143. The third kappa shape index (κ3) is 2.91. The molecule has 2 rings (SSSR count). The largest absolute Gasteiger partial charge is 0.207 e. The predicted molar refractivity (Wildman–Crippen MR) is 59.1 cm³/mol. The van der Waals surface area contributed by atoms with Crippen LogP contribution in [0.1, 0.15) is 11.1 Å². The molecule has 0 spiro atoms. The normalized spacial score (nSPS) is 10.2. The lowest BCUT2D eigenvalue weighted by Crippen LogP contribution is -1.91. The molecule has 0 saturated carbocycles. The molecule has 0 amide bonds. The molecule has 0 heterocycles. The second-order valence-electron chi connectivity index (χ2n) is 3.54. The van der Waals surface area contributed by atoms with E-state index >= 15 is 0 Å². The van der Waals surface area contributed by atoms with Crippen molar-refractivity contribution >= 4 is 0 Å². The third-order valence-electron chi connectivity index (χ3n) is 2.38. The number of hydrogen-bond acceptors (Lipinski definition) is 0. The van der Waals surface area contributed by atoms with E-state index in [-0.39, 0.29) is 5.82 Å². The van der Waals surface area contributed by atoms with Gasteiger partial charge in [-0.15, -0.1) is 0 Å². The third-order valence-corrected chi connectivity index (χ3v) is 2.38. The Hall–Kier alpha value is -1.63. The summed E-state index contributed by atoms with van der Waals surface area (Å²) in [6.07, 6.45) is 1.82. The molecule has 15 heavy (non-hydrogen) atoms. The van der Waals surface area contributed by atoms with Crippen LogP contribution in [-0.2, 0) is 12.8 Å². The van der Waals surface area contributed by atoms with Gasteiger partial charge in [-0.1, -0.05) is 36.4 Å². The summed E-state index contributed by atoms with van der Waals surface area (Å²) in [4.78, 5) is 0. The van der Waals surface area contributed by atoms with Gasteiger partial charge in [0.05, 0.1) is 0 Å². The van der Waals surface area contributed by atoms with Gasteiger partial charge < -0.3 is 0 Å². The van der Waals surface area contributed by atoms with Crippen molar-refractivity contribution in [2.75, 3.05) is 0 Å². The molecule has 1 radical (unpaired) electrons. The van der Waals surface area contributed by atoms with Crippen LogP contribution in [0.2, 0.25) is 0 Å². The van der Waals surface area contributed by atoms with Crippen molar-refractivity contribution in [1.82, 2.24) is 0 Å². The van der Waals surface area contributed by atoms with E-state index in [1.807, 2.05) is 30.3 Å². The van der Waals surface area contributed by atoms with E-state index in [1.54, 1.807) is 12.1 Å². The van der Waals surface area contributed by atoms with Crippen LogP contribution in [-0.4, -0.2) is 0 Å². The average Bonchev–Trinajstić information content (AvgIpc) is 2.28. The molecule has 2 aromatic rings. The van der Waals surface area contributed by atoms with Gasteiger partial charge in [-0.05, 0) is 42.2 Å². The highest BCUT2D eigenvalue weighted by molar-refractivity contribution is 5.20. The SMILES string of the molecule is Fc1cccc(CCc2cc[c]cc2)c1. The second-order valence-corrected chi connectivity index (χ2v) is 3.54. The fourth-order valence-electron chi connectivity index (χ4n) is 1.57. The van der Waals surface area contributed by atoms with Gasteiger partial charge in [0.1, 0.15) is 5.82 Å². The fourth-order valence-corrected chi connectivity index (χ4v) is 1.57. The standard InChI is InChI=1S/C14H12F/c15-14-8-4-7-13(11-14)10-9-12-5-2-1-3-6-12/h2-8,11H,9-10H2. The minimum Gasteiger partial charge on any atom is -0.207 e. The van der Waals surface area contributed by atoms with Crippen molar-refractivity contribution < 1.29 is 4.39 Å². The van der Waals surface area contributed by atoms with Gasteiger partial charge in [0, 0.05) is 0 Å². The van der Waals surface area contributed by atoms with Crippen LogP contribution in [0, 0.1) is 11.9 Å². The zero-order valence-electron chi connectivity index (χ0n) is 8.41. The van der Waals surface area contributed by atoms with Crippen molar-refractivity contribution in [3.63, 3.8) is 0 Å². The van der Waals surface area contributed by atoms with Crippen molar-refractivity contribution in [2.45, 2.75) is 12.8 Å². The first-order valence-electron chi connectivity index (χ1n) is 5.04. The molecule has 0 aliphatic carbocycles. The molecular weight excluding hydrogens is 187 g/mol. The van der Waals surface area contributed by atoms with Gasteiger partial charge >= 0.3 is 0 Å². The van der Waals surface area contributed by atoms with E-state index in [2.05, 4.69) is 6.07 Å². The van der Waals surface area contributed by atoms with Gasteiger partial charge in [0.2, 0.25) is 0 Å². The molecule has 0 atom stereocenters. The smallest absolute Gasteiger partial charge is 0.123 e. The Kier molecular flexibility index (Phi) is 3.13. The molecular formula is C14H12F. The monoisotopic (exact) mass is 199 g/mol. The van der Waals surface area contributed by atoms with Gasteiger partial charge in [-0.2, -0.15) is 0 Å². The number of benzene rings is 2. The second kappa shape index (κ2) is 4.74. The van der Waals surface area contributed by atoms with Gasteiger partial charge in [0.15, 0.2) is 0 Å². The molecule has 0 bridgehead atoms. The Bertz CT molecular complexity index is 420. The molecule has 0 aliphatic rings. The van der Waals surface area contributed by atoms with Gasteiger partial charge in [-0.25, -0.2) is 4.39 Å². The van der Waals surface area contributed by atoms with E-state index in [4.69, 9.17) is 0 Å². The first-order chi connectivity index (χ1) is 7.34. The molecule has 0 aromatic heterocycles. The molecule has 0 fully saturated rings. The van der Waals surface area contributed by atoms with Crippen LogP contribution in [0.5, 0.6) is 0 Å². The van der Waals surface area contributed by atoms with Crippen molar-refractivity contribution in [1.29, 1.82) is 0 Å². The van der Waals surface area contributed by atoms with E-state index in [0.717, 1.165) is 18.4 Å². The van der Waals surface area contributed by atoms with Crippen LogP contribution in [0.25, 0.3) is 0 Å². The number of rotatable bonds is 3. The van der Waals surface area contributed by atoms with Crippen LogP contribution < -0.4 is 0 Å². The number of hydrogen-bond donors (Lipinski definition) is 0. The first-order valence-corrected chi connectivity index (χ1v) is 5.04. The Labute approximate surface area is 89.4 Å². The molecule has 0 nitrogen and oxygen atoms in total. The number of halogens is 1. The van der Waals surface area contributed by atoms with Crippen LogP contribution in [0.4, 0.5) is 4.39 Å². The molecule has 0 N–H and O–H groups in total. The lowest BCUT2D eigenvalue weighted by atomic mass is 10.0.